The Bertz CT molecular complexity index is 578. The summed E-state index contributed by atoms with van der Waals surface area (Å²) in [5.74, 6) is 0.368. The lowest BCUT2D eigenvalue weighted by Crippen LogP contribution is -2.45. The fraction of sp³-hybridized carbons (Fsp3) is 0.579. The summed E-state index contributed by atoms with van der Waals surface area (Å²) in [6, 6.07) is 8.67. The van der Waals surface area contributed by atoms with Crippen molar-refractivity contribution >= 4 is 11.9 Å². The topological polar surface area (TPSA) is 78.9 Å². The highest BCUT2D eigenvalue weighted by atomic mass is 16.5. The zero-order valence-electron chi connectivity index (χ0n) is 15.0. The predicted molar refractivity (Wildman–Crippen MR) is 95.4 cm³/mol. The molecule has 0 aromatic heterocycles. The first-order valence-electron chi connectivity index (χ1n) is 8.96. The number of nitrogens with one attached hydrogen (secondary N) is 1. The Labute approximate surface area is 149 Å². The van der Waals surface area contributed by atoms with Crippen LogP contribution in [0.15, 0.2) is 30.3 Å². The van der Waals surface area contributed by atoms with Crippen molar-refractivity contribution in [2.45, 2.75) is 57.6 Å². The Morgan fingerprint density at radius 3 is 2.60 bits per heavy atom. The lowest BCUT2D eigenvalue weighted by atomic mass is 9.94. The number of nitrogens with zero attached hydrogens (tertiary/aromatic N) is 1. The molecule has 2 unspecified atom stereocenters. The van der Waals surface area contributed by atoms with Gasteiger partial charge in [-0.2, -0.15) is 0 Å². The molecular weight excluding hydrogens is 320 g/mol. The summed E-state index contributed by atoms with van der Waals surface area (Å²) in [5.41, 5.74) is -0.870. The maximum atomic E-state index is 12.6. The van der Waals surface area contributed by atoms with Crippen molar-refractivity contribution in [1.82, 2.24) is 10.2 Å². The van der Waals surface area contributed by atoms with Gasteiger partial charge in [-0.25, -0.2) is 4.79 Å². The number of β-amino-alcohol motifs (C(OH)–C–C–N with tert-alkyl or cyclic N) is 1. The molecule has 0 spiro atoms. The first kappa shape index (κ1) is 19.2. The quantitative estimate of drug-likeness (QED) is 0.503. The highest BCUT2D eigenvalue weighted by Crippen LogP contribution is 2.24. The van der Waals surface area contributed by atoms with Gasteiger partial charge in [-0.15, -0.1) is 0 Å². The van der Waals surface area contributed by atoms with E-state index in [1.54, 1.807) is 19.1 Å². The number of hydrogen-bond donors (Lipinski definition) is 2. The van der Waals surface area contributed by atoms with Gasteiger partial charge < -0.3 is 15.2 Å². The molecule has 6 nitrogen and oxygen atoms in total. The van der Waals surface area contributed by atoms with Crippen LogP contribution in [0.5, 0.6) is 5.75 Å². The van der Waals surface area contributed by atoms with Crippen molar-refractivity contribution in [2.24, 2.45) is 0 Å². The molecule has 138 valence electrons. The summed E-state index contributed by atoms with van der Waals surface area (Å²) in [6.45, 7) is 3.84. The highest BCUT2D eigenvalue weighted by Gasteiger charge is 2.47. The molecule has 25 heavy (non-hydrogen) atoms. The molecule has 6 heteroatoms. The minimum Gasteiger partial charge on any atom is -0.491 e. The summed E-state index contributed by atoms with van der Waals surface area (Å²) in [4.78, 5) is 25.8. The molecule has 1 fully saturated rings. The largest absolute Gasteiger partial charge is 0.491 e. The van der Waals surface area contributed by atoms with Crippen molar-refractivity contribution < 1.29 is 19.4 Å². The molecule has 0 radical (unpaired) electrons. The first-order valence-corrected chi connectivity index (χ1v) is 8.96. The fourth-order valence-electron chi connectivity index (χ4n) is 2.96. The Morgan fingerprint density at radius 1 is 1.20 bits per heavy atom. The zero-order chi connectivity index (χ0) is 18.3. The first-order chi connectivity index (χ1) is 12.0. The number of rotatable bonds is 10. The van der Waals surface area contributed by atoms with Gasteiger partial charge in [0.25, 0.3) is 5.91 Å². The molecule has 1 heterocycles. The average Bonchev–Trinajstić information content (AvgIpc) is 2.81. The number of carbonyl (C=O) groups excluding carboxylic acids is 2. The summed E-state index contributed by atoms with van der Waals surface area (Å²) >= 11 is 0. The number of amides is 3. The number of carbonyl (C=O) groups is 2. The Balaban J connectivity index is 1.84. The Morgan fingerprint density at radius 2 is 1.92 bits per heavy atom. The lowest BCUT2D eigenvalue weighted by molar-refractivity contribution is -0.132. The zero-order valence-corrected chi connectivity index (χ0v) is 15.0. The van der Waals surface area contributed by atoms with Gasteiger partial charge in [-0.05, 0) is 25.5 Å². The maximum Gasteiger partial charge on any atom is 0.325 e. The molecule has 1 aromatic rings. The minimum atomic E-state index is -0.933. The Hall–Kier alpha value is -2.08. The number of aliphatic hydroxyl groups excluding tert-OH is 1. The van der Waals surface area contributed by atoms with Gasteiger partial charge in [-0.1, -0.05) is 50.8 Å². The van der Waals surface area contributed by atoms with E-state index in [1.807, 2.05) is 18.2 Å². The third-order valence-electron chi connectivity index (χ3n) is 4.45. The monoisotopic (exact) mass is 348 g/mol. The SMILES string of the molecule is CCCCCCC1(C)NC(=O)N(CC(O)COc2ccccc2)C1=O. The van der Waals surface area contributed by atoms with Crippen LogP contribution in [0.1, 0.15) is 46.0 Å². The summed E-state index contributed by atoms with van der Waals surface area (Å²) in [5, 5.41) is 12.9. The van der Waals surface area contributed by atoms with Gasteiger partial charge in [-0.3, -0.25) is 9.69 Å². The number of para-hydroxylation sites is 1. The fourth-order valence-corrected chi connectivity index (χ4v) is 2.96. The van der Waals surface area contributed by atoms with E-state index in [4.69, 9.17) is 4.74 Å². The molecule has 2 rings (SSSR count). The second kappa shape index (κ2) is 8.85. The molecule has 2 N–H and O–H groups in total. The van der Waals surface area contributed by atoms with E-state index in [2.05, 4.69) is 12.2 Å². The van der Waals surface area contributed by atoms with Crippen molar-refractivity contribution in [3.8, 4) is 5.75 Å². The lowest BCUT2D eigenvalue weighted by Gasteiger charge is -2.22. The van der Waals surface area contributed by atoms with Gasteiger partial charge in [0.2, 0.25) is 0 Å². The van der Waals surface area contributed by atoms with Crippen LogP contribution in [0.3, 0.4) is 0 Å². The van der Waals surface area contributed by atoms with Crippen LogP contribution in [-0.2, 0) is 4.79 Å². The maximum absolute atomic E-state index is 12.6. The summed E-state index contributed by atoms with van der Waals surface area (Å²) < 4.78 is 5.47. The van der Waals surface area contributed by atoms with Crippen molar-refractivity contribution in [1.29, 1.82) is 0 Å². The molecule has 0 saturated carbocycles. The van der Waals surface area contributed by atoms with Crippen LogP contribution >= 0.6 is 0 Å². The number of benzene rings is 1. The van der Waals surface area contributed by atoms with Gasteiger partial charge in [0.15, 0.2) is 0 Å². The second-order valence-corrected chi connectivity index (χ2v) is 6.77. The number of hydrogen-bond acceptors (Lipinski definition) is 4. The van der Waals surface area contributed by atoms with E-state index in [0.717, 1.165) is 30.6 Å². The molecule has 1 saturated heterocycles. The number of imide groups is 1. The minimum absolute atomic E-state index is 0.0221. The van der Waals surface area contributed by atoms with E-state index >= 15 is 0 Å². The highest BCUT2D eigenvalue weighted by molar-refractivity contribution is 6.06. The molecule has 0 aliphatic carbocycles. The van der Waals surface area contributed by atoms with Gasteiger partial charge in [0, 0.05) is 0 Å². The number of ether oxygens (including phenoxy) is 1. The molecule has 2 atom stereocenters. The van der Waals surface area contributed by atoms with Gasteiger partial charge in [0.05, 0.1) is 6.54 Å². The molecule has 1 aliphatic heterocycles. The Kier molecular flexibility index (Phi) is 6.82. The smallest absolute Gasteiger partial charge is 0.325 e. The van der Waals surface area contributed by atoms with Crippen molar-refractivity contribution in [2.75, 3.05) is 13.2 Å². The summed E-state index contributed by atoms with van der Waals surface area (Å²) in [7, 11) is 0. The van der Waals surface area contributed by atoms with E-state index in [9.17, 15) is 14.7 Å². The predicted octanol–water partition coefficient (Wildman–Crippen LogP) is 2.71. The van der Waals surface area contributed by atoms with Crippen LogP contribution in [0, 0.1) is 0 Å². The van der Waals surface area contributed by atoms with E-state index in [-0.39, 0.29) is 19.1 Å². The number of aliphatic hydroxyl groups is 1. The van der Waals surface area contributed by atoms with Crippen LogP contribution < -0.4 is 10.1 Å². The average molecular weight is 348 g/mol. The van der Waals surface area contributed by atoms with Gasteiger partial charge >= 0.3 is 6.03 Å². The summed E-state index contributed by atoms with van der Waals surface area (Å²) in [6.07, 6.45) is 3.86. The van der Waals surface area contributed by atoms with E-state index in [1.165, 1.54) is 0 Å². The van der Waals surface area contributed by atoms with Crippen molar-refractivity contribution in [3.05, 3.63) is 30.3 Å². The van der Waals surface area contributed by atoms with Crippen LogP contribution in [0.2, 0.25) is 0 Å². The van der Waals surface area contributed by atoms with Crippen molar-refractivity contribution in [3.63, 3.8) is 0 Å². The van der Waals surface area contributed by atoms with Crippen LogP contribution in [0.4, 0.5) is 4.79 Å². The van der Waals surface area contributed by atoms with Gasteiger partial charge in [0.1, 0.15) is 24.0 Å². The second-order valence-electron chi connectivity index (χ2n) is 6.77. The molecule has 0 bridgehead atoms. The third kappa shape index (κ3) is 5.19. The van der Waals surface area contributed by atoms with Crippen LogP contribution in [-0.4, -0.2) is 46.7 Å². The molecular formula is C19H28N2O4. The van der Waals surface area contributed by atoms with E-state index < -0.39 is 17.7 Å². The molecule has 3 amide bonds. The molecule has 1 aromatic carbocycles. The normalized spacial score (nSPS) is 21.3. The van der Waals surface area contributed by atoms with Crippen LogP contribution in [0.25, 0.3) is 0 Å². The number of unbranched alkanes of at least 4 members (excludes halogenated alkanes) is 3. The number of urea groups is 1. The standard InChI is InChI=1S/C19H28N2O4/c1-3-4-5-9-12-19(2)17(23)21(18(24)20-19)13-15(22)14-25-16-10-7-6-8-11-16/h6-8,10-11,15,22H,3-5,9,12-14H2,1-2H3,(H,20,24). The third-order valence-corrected chi connectivity index (χ3v) is 4.45. The van der Waals surface area contributed by atoms with E-state index in [0.29, 0.717) is 12.2 Å². The molecule has 1 aliphatic rings.